The Bertz CT molecular complexity index is 762. The number of hydrogen-bond acceptors (Lipinski definition) is 3. The monoisotopic (exact) mass is 307 g/mol. The average molecular weight is 307 g/mol. The number of ether oxygens (including phenoxy) is 1. The lowest BCUT2D eigenvalue weighted by Gasteiger charge is -2.24. The number of fused-ring (bicyclic) bond motifs is 1. The van der Waals surface area contributed by atoms with E-state index in [1.165, 1.54) is 12.1 Å². The summed E-state index contributed by atoms with van der Waals surface area (Å²) in [5.74, 6) is -1.16. The molecule has 1 heterocycles. The lowest BCUT2D eigenvalue weighted by atomic mass is 10.1. The zero-order valence-electron chi connectivity index (χ0n) is 12.6. The number of halogens is 1. The second-order valence-corrected chi connectivity index (χ2v) is 10.6. The molecule has 0 atom stereocenters. The maximum atomic E-state index is 13.5. The fourth-order valence-electron chi connectivity index (χ4n) is 2.21. The van der Waals surface area contributed by atoms with E-state index in [9.17, 15) is 14.0 Å². The number of rotatable bonds is 3. The van der Waals surface area contributed by atoms with Crippen molar-refractivity contribution >= 4 is 25.1 Å². The van der Waals surface area contributed by atoms with Crippen molar-refractivity contribution in [3.8, 4) is 0 Å². The molecule has 0 N–H and O–H groups in total. The minimum atomic E-state index is -1.89. The van der Waals surface area contributed by atoms with Crippen LogP contribution in [0.15, 0.2) is 29.2 Å². The third-order valence-corrected chi connectivity index (χ3v) is 5.00. The van der Waals surface area contributed by atoms with Crippen LogP contribution in [0.4, 0.5) is 4.39 Å². The first-order valence-electron chi connectivity index (χ1n) is 6.78. The maximum Gasteiger partial charge on any atom is 0.343 e. The molecule has 0 fully saturated rings. The smallest absolute Gasteiger partial charge is 0.343 e. The van der Waals surface area contributed by atoms with E-state index in [1.807, 2.05) is 4.23 Å². The Morgan fingerprint density at radius 3 is 2.57 bits per heavy atom. The number of hydrogen-bond donors (Lipinski definition) is 0. The number of pyridine rings is 1. The van der Waals surface area contributed by atoms with Gasteiger partial charge in [0, 0.05) is 17.1 Å². The number of esters is 1. The van der Waals surface area contributed by atoms with Gasteiger partial charge in [-0.1, -0.05) is 19.6 Å². The molecule has 0 amide bonds. The summed E-state index contributed by atoms with van der Waals surface area (Å²) >= 11 is 0. The molecule has 0 aliphatic heterocycles. The van der Waals surface area contributed by atoms with E-state index in [0.29, 0.717) is 5.52 Å². The van der Waals surface area contributed by atoms with Crippen molar-refractivity contribution in [2.75, 3.05) is 6.61 Å². The highest BCUT2D eigenvalue weighted by Gasteiger charge is 2.23. The van der Waals surface area contributed by atoms with Crippen LogP contribution >= 0.6 is 0 Å². The normalized spacial score (nSPS) is 11.7. The largest absolute Gasteiger partial charge is 0.462 e. The molecule has 6 heteroatoms. The highest BCUT2D eigenvalue weighted by molar-refractivity contribution is 6.75. The van der Waals surface area contributed by atoms with Crippen LogP contribution in [-0.2, 0) is 4.74 Å². The van der Waals surface area contributed by atoms with Crippen LogP contribution in [0.2, 0.25) is 19.6 Å². The summed E-state index contributed by atoms with van der Waals surface area (Å²) in [5.41, 5.74) is 0.114. The Hall–Kier alpha value is -1.95. The van der Waals surface area contributed by atoms with Crippen LogP contribution < -0.4 is 5.43 Å². The molecule has 0 saturated carbocycles. The van der Waals surface area contributed by atoms with Gasteiger partial charge in [-0.2, -0.15) is 0 Å². The third-order valence-electron chi connectivity index (χ3n) is 3.18. The molecule has 1 aromatic carbocycles. The lowest BCUT2D eigenvalue weighted by Crippen LogP contribution is -2.35. The second kappa shape index (κ2) is 5.44. The molecule has 4 nitrogen and oxygen atoms in total. The van der Waals surface area contributed by atoms with Crippen molar-refractivity contribution in [3.05, 3.63) is 46.0 Å². The summed E-state index contributed by atoms with van der Waals surface area (Å²) in [6, 6.07) is 4.08. The molecular formula is C15H18FNO3Si. The minimum absolute atomic E-state index is 0.0441. The Kier molecular flexibility index (Phi) is 4.00. The van der Waals surface area contributed by atoms with E-state index in [-0.39, 0.29) is 17.6 Å². The molecule has 0 bridgehead atoms. The quantitative estimate of drug-likeness (QED) is 0.647. The first-order chi connectivity index (χ1) is 9.75. The van der Waals surface area contributed by atoms with Crippen LogP contribution in [0.25, 0.3) is 10.9 Å². The summed E-state index contributed by atoms with van der Waals surface area (Å²) in [5, 5.41) is 0.211. The first kappa shape index (κ1) is 15.4. The SMILES string of the molecule is CCOC(=O)c1cn([Si](C)(C)C)c2ccc(F)cc2c1=O. The summed E-state index contributed by atoms with van der Waals surface area (Å²) in [6.07, 6.45) is 1.55. The molecule has 0 aliphatic carbocycles. The van der Waals surface area contributed by atoms with Crippen LogP contribution in [-0.4, -0.2) is 25.0 Å². The molecule has 112 valence electrons. The average Bonchev–Trinajstić information content (AvgIpc) is 2.38. The van der Waals surface area contributed by atoms with Gasteiger partial charge in [0.15, 0.2) is 8.24 Å². The number of aromatic nitrogens is 1. The highest BCUT2D eigenvalue weighted by atomic mass is 28.3. The molecule has 0 radical (unpaired) electrons. The van der Waals surface area contributed by atoms with Crippen molar-refractivity contribution in [2.45, 2.75) is 26.6 Å². The van der Waals surface area contributed by atoms with Crippen molar-refractivity contribution in [1.82, 2.24) is 4.23 Å². The van der Waals surface area contributed by atoms with Gasteiger partial charge in [0.1, 0.15) is 11.4 Å². The third kappa shape index (κ3) is 2.90. The van der Waals surface area contributed by atoms with Crippen LogP contribution in [0.3, 0.4) is 0 Å². The molecule has 0 unspecified atom stereocenters. The zero-order chi connectivity index (χ0) is 15.8. The molecule has 0 spiro atoms. The van der Waals surface area contributed by atoms with Gasteiger partial charge in [-0.3, -0.25) is 4.79 Å². The topological polar surface area (TPSA) is 48.3 Å². The molecule has 21 heavy (non-hydrogen) atoms. The fourth-order valence-corrected chi connectivity index (χ4v) is 3.65. The van der Waals surface area contributed by atoms with Gasteiger partial charge in [0.2, 0.25) is 5.43 Å². The predicted molar refractivity (Wildman–Crippen MR) is 82.9 cm³/mol. The van der Waals surface area contributed by atoms with Crippen molar-refractivity contribution in [3.63, 3.8) is 0 Å². The Balaban J connectivity index is 2.87. The van der Waals surface area contributed by atoms with E-state index >= 15 is 0 Å². The molecule has 1 aromatic heterocycles. The molecular weight excluding hydrogens is 289 g/mol. The Morgan fingerprint density at radius 2 is 2.00 bits per heavy atom. The van der Waals surface area contributed by atoms with E-state index in [1.54, 1.807) is 19.2 Å². The zero-order valence-corrected chi connectivity index (χ0v) is 13.6. The number of carbonyl (C=O) groups excluding carboxylic acids is 1. The van der Waals surface area contributed by atoms with Crippen LogP contribution in [0.5, 0.6) is 0 Å². The summed E-state index contributed by atoms with van der Waals surface area (Å²) in [7, 11) is -1.89. The molecule has 2 rings (SSSR count). The minimum Gasteiger partial charge on any atom is -0.462 e. The van der Waals surface area contributed by atoms with Crippen molar-refractivity contribution < 1.29 is 13.9 Å². The fraction of sp³-hybridized carbons (Fsp3) is 0.333. The summed E-state index contributed by atoms with van der Waals surface area (Å²) in [4.78, 5) is 24.4. The number of nitrogens with zero attached hydrogens (tertiary/aromatic N) is 1. The highest BCUT2D eigenvalue weighted by Crippen LogP contribution is 2.19. The van der Waals surface area contributed by atoms with Crippen molar-refractivity contribution in [2.24, 2.45) is 0 Å². The number of benzene rings is 1. The Labute approximate surface area is 123 Å². The van der Waals surface area contributed by atoms with E-state index in [0.717, 1.165) is 0 Å². The van der Waals surface area contributed by atoms with E-state index in [2.05, 4.69) is 19.6 Å². The van der Waals surface area contributed by atoms with Gasteiger partial charge in [-0.15, -0.1) is 0 Å². The second-order valence-electron chi connectivity index (χ2n) is 5.79. The first-order valence-corrected chi connectivity index (χ1v) is 10.2. The standard InChI is InChI=1S/C15H18FNO3Si/c1-5-20-15(19)12-9-17(21(2,3)4)13-7-6-10(16)8-11(13)14(12)18/h6-9H,5H2,1-4H3. The molecule has 0 aliphatic rings. The van der Waals surface area contributed by atoms with Crippen molar-refractivity contribution in [1.29, 1.82) is 0 Å². The predicted octanol–water partition coefficient (Wildman–Crippen LogP) is 3.00. The van der Waals surface area contributed by atoms with E-state index in [4.69, 9.17) is 4.74 Å². The van der Waals surface area contributed by atoms with Gasteiger partial charge < -0.3 is 8.97 Å². The van der Waals surface area contributed by atoms with Crippen LogP contribution in [0.1, 0.15) is 17.3 Å². The maximum absolute atomic E-state index is 13.5. The Morgan fingerprint density at radius 1 is 1.33 bits per heavy atom. The number of carbonyl (C=O) groups is 1. The summed E-state index contributed by atoms with van der Waals surface area (Å²) in [6.45, 7) is 8.10. The van der Waals surface area contributed by atoms with Gasteiger partial charge >= 0.3 is 5.97 Å². The lowest BCUT2D eigenvalue weighted by molar-refractivity contribution is 0.0524. The van der Waals surface area contributed by atoms with Gasteiger partial charge in [-0.05, 0) is 25.1 Å². The van der Waals surface area contributed by atoms with Gasteiger partial charge in [0.05, 0.1) is 6.61 Å². The van der Waals surface area contributed by atoms with E-state index < -0.39 is 25.5 Å². The molecule has 0 saturated heterocycles. The van der Waals surface area contributed by atoms with Gasteiger partial charge in [-0.25, -0.2) is 9.18 Å². The van der Waals surface area contributed by atoms with Gasteiger partial charge in [0.25, 0.3) is 0 Å². The molecule has 2 aromatic rings. The summed E-state index contributed by atoms with van der Waals surface area (Å²) < 4.78 is 20.3. The van der Waals surface area contributed by atoms with Crippen LogP contribution in [0, 0.1) is 5.82 Å².